The van der Waals surface area contributed by atoms with E-state index in [1.54, 1.807) is 20.3 Å². The molecule has 1 saturated heterocycles. The number of aromatic hydroxyl groups is 1. The molecule has 0 saturated carbocycles. The lowest BCUT2D eigenvalue weighted by molar-refractivity contribution is -0.00168. The van der Waals surface area contributed by atoms with Gasteiger partial charge in [0.1, 0.15) is 11.5 Å². The Bertz CT molecular complexity index is 799. The average molecular weight is 431 g/mol. The van der Waals surface area contributed by atoms with Crippen LogP contribution in [0, 0.1) is 0 Å². The third-order valence-corrected chi connectivity index (χ3v) is 5.73. The standard InChI is InChI=1S/C24H34N2O5/c1-29-11-3-10-25-22-12-17(4-9-23(22)28)16-31-24-14-26-19(15-27)13-21(24)18-5-7-20(30-2)8-6-18/h4-9,12,19,21,24-28H,3,10-11,13-16H2,1-2H3/t19-,21+,24-/m0/s1. The first-order chi connectivity index (χ1) is 15.1. The van der Waals surface area contributed by atoms with Crippen LogP contribution in [-0.2, 0) is 16.1 Å². The zero-order chi connectivity index (χ0) is 22.1. The second kappa shape index (κ2) is 11.9. The number of hydrogen-bond acceptors (Lipinski definition) is 7. The number of methoxy groups -OCH3 is 2. The largest absolute Gasteiger partial charge is 0.506 e. The van der Waals surface area contributed by atoms with Crippen LogP contribution in [0.15, 0.2) is 42.5 Å². The Morgan fingerprint density at radius 3 is 2.65 bits per heavy atom. The fourth-order valence-electron chi connectivity index (χ4n) is 3.94. The molecular formula is C24H34N2O5. The minimum absolute atomic E-state index is 0.0249. The summed E-state index contributed by atoms with van der Waals surface area (Å²) in [6, 6.07) is 13.6. The highest BCUT2D eigenvalue weighted by Gasteiger charge is 2.31. The van der Waals surface area contributed by atoms with E-state index in [-0.39, 0.29) is 30.4 Å². The molecule has 7 nitrogen and oxygen atoms in total. The molecule has 4 N–H and O–H groups in total. The van der Waals surface area contributed by atoms with Gasteiger partial charge in [-0.05, 0) is 48.2 Å². The van der Waals surface area contributed by atoms with Crippen molar-refractivity contribution in [3.63, 3.8) is 0 Å². The van der Waals surface area contributed by atoms with Gasteiger partial charge < -0.3 is 35.1 Å². The van der Waals surface area contributed by atoms with Gasteiger partial charge in [0.2, 0.25) is 0 Å². The molecule has 0 spiro atoms. The van der Waals surface area contributed by atoms with Crippen molar-refractivity contribution in [3.8, 4) is 11.5 Å². The molecule has 31 heavy (non-hydrogen) atoms. The summed E-state index contributed by atoms with van der Waals surface area (Å²) in [6.07, 6.45) is 1.64. The smallest absolute Gasteiger partial charge is 0.138 e. The van der Waals surface area contributed by atoms with Gasteiger partial charge >= 0.3 is 0 Å². The van der Waals surface area contributed by atoms with Gasteiger partial charge in [0.25, 0.3) is 0 Å². The number of anilines is 1. The minimum atomic E-state index is -0.0249. The first kappa shape index (κ1) is 23.3. The topological polar surface area (TPSA) is 92.2 Å². The van der Waals surface area contributed by atoms with Gasteiger partial charge in [-0.2, -0.15) is 0 Å². The van der Waals surface area contributed by atoms with Gasteiger partial charge in [-0.1, -0.05) is 18.2 Å². The fraction of sp³-hybridized carbons (Fsp3) is 0.500. The first-order valence-electron chi connectivity index (χ1n) is 10.8. The molecule has 170 valence electrons. The van der Waals surface area contributed by atoms with Crippen molar-refractivity contribution in [2.75, 3.05) is 45.8 Å². The molecule has 1 fully saturated rings. The Hall–Kier alpha value is -2.32. The van der Waals surface area contributed by atoms with E-state index in [4.69, 9.17) is 14.2 Å². The summed E-state index contributed by atoms with van der Waals surface area (Å²) in [5.74, 6) is 1.22. The number of rotatable bonds is 11. The number of piperidine rings is 1. The highest BCUT2D eigenvalue weighted by atomic mass is 16.5. The molecule has 2 aromatic rings. The van der Waals surface area contributed by atoms with Crippen molar-refractivity contribution in [3.05, 3.63) is 53.6 Å². The van der Waals surface area contributed by atoms with E-state index < -0.39 is 0 Å². The Morgan fingerprint density at radius 2 is 1.94 bits per heavy atom. The number of phenolic OH excluding ortho intramolecular Hbond substituents is 1. The number of phenols is 1. The summed E-state index contributed by atoms with van der Waals surface area (Å²) >= 11 is 0. The number of hydrogen-bond donors (Lipinski definition) is 4. The lowest BCUT2D eigenvalue weighted by Gasteiger charge is -2.36. The molecule has 0 aliphatic carbocycles. The molecule has 0 amide bonds. The zero-order valence-corrected chi connectivity index (χ0v) is 18.3. The lowest BCUT2D eigenvalue weighted by atomic mass is 9.84. The molecule has 0 bridgehead atoms. The van der Waals surface area contributed by atoms with Crippen LogP contribution in [0.3, 0.4) is 0 Å². The molecule has 1 aliphatic rings. The van der Waals surface area contributed by atoms with Gasteiger partial charge in [-0.3, -0.25) is 0 Å². The van der Waals surface area contributed by atoms with E-state index in [2.05, 4.69) is 22.8 Å². The van der Waals surface area contributed by atoms with Crippen LogP contribution in [0.5, 0.6) is 11.5 Å². The molecule has 0 unspecified atom stereocenters. The third kappa shape index (κ3) is 6.58. The van der Waals surface area contributed by atoms with Crippen LogP contribution < -0.4 is 15.4 Å². The maximum Gasteiger partial charge on any atom is 0.138 e. The number of aliphatic hydroxyl groups is 1. The van der Waals surface area contributed by atoms with Crippen LogP contribution in [0.1, 0.15) is 29.9 Å². The van der Waals surface area contributed by atoms with Crippen molar-refractivity contribution in [2.45, 2.75) is 37.5 Å². The van der Waals surface area contributed by atoms with Crippen molar-refractivity contribution in [1.29, 1.82) is 0 Å². The second-order valence-corrected chi connectivity index (χ2v) is 7.88. The Labute approximate surface area is 184 Å². The summed E-state index contributed by atoms with van der Waals surface area (Å²) in [4.78, 5) is 0. The van der Waals surface area contributed by atoms with Gasteiger partial charge in [0, 0.05) is 38.8 Å². The zero-order valence-electron chi connectivity index (χ0n) is 18.3. The SMILES string of the molecule is COCCCNc1cc(CO[C@H]2CN[C@H](CO)C[C@@H]2c2ccc(OC)cc2)ccc1O. The molecule has 3 rings (SSSR count). The van der Waals surface area contributed by atoms with E-state index in [0.29, 0.717) is 25.4 Å². The summed E-state index contributed by atoms with van der Waals surface area (Å²) in [7, 11) is 3.34. The summed E-state index contributed by atoms with van der Waals surface area (Å²) < 4.78 is 16.7. The Kier molecular flexibility index (Phi) is 8.97. The molecule has 0 aromatic heterocycles. The van der Waals surface area contributed by atoms with Crippen LogP contribution in [0.4, 0.5) is 5.69 Å². The molecule has 7 heteroatoms. The summed E-state index contributed by atoms with van der Waals surface area (Å²) in [6.45, 7) is 2.61. The Morgan fingerprint density at radius 1 is 1.13 bits per heavy atom. The van der Waals surface area contributed by atoms with E-state index in [0.717, 1.165) is 30.7 Å². The van der Waals surface area contributed by atoms with Crippen LogP contribution in [0.25, 0.3) is 0 Å². The predicted octanol–water partition coefficient (Wildman–Crippen LogP) is 2.87. The van der Waals surface area contributed by atoms with Gasteiger partial charge in [0.15, 0.2) is 0 Å². The van der Waals surface area contributed by atoms with Crippen LogP contribution in [0.2, 0.25) is 0 Å². The molecule has 1 heterocycles. The quantitative estimate of drug-likeness (QED) is 0.322. The van der Waals surface area contributed by atoms with Crippen molar-refractivity contribution in [1.82, 2.24) is 5.32 Å². The van der Waals surface area contributed by atoms with Crippen molar-refractivity contribution in [2.24, 2.45) is 0 Å². The molecule has 0 radical (unpaired) electrons. The highest BCUT2D eigenvalue weighted by Crippen LogP contribution is 2.32. The number of aliphatic hydroxyl groups excluding tert-OH is 1. The fourth-order valence-corrected chi connectivity index (χ4v) is 3.94. The normalized spacial score (nSPS) is 21.1. The summed E-state index contributed by atoms with van der Waals surface area (Å²) in [5.41, 5.74) is 2.87. The number of benzene rings is 2. The average Bonchev–Trinajstić information content (AvgIpc) is 2.82. The Balaban J connectivity index is 1.65. The van der Waals surface area contributed by atoms with Gasteiger partial charge in [-0.15, -0.1) is 0 Å². The van der Waals surface area contributed by atoms with E-state index in [1.807, 2.05) is 24.3 Å². The van der Waals surface area contributed by atoms with E-state index in [1.165, 1.54) is 5.56 Å². The molecule has 2 aromatic carbocycles. The highest BCUT2D eigenvalue weighted by molar-refractivity contribution is 5.57. The van der Waals surface area contributed by atoms with Gasteiger partial charge in [-0.25, -0.2) is 0 Å². The minimum Gasteiger partial charge on any atom is -0.506 e. The first-order valence-corrected chi connectivity index (χ1v) is 10.8. The van der Waals surface area contributed by atoms with E-state index in [9.17, 15) is 10.2 Å². The summed E-state index contributed by atoms with van der Waals surface area (Å²) in [5, 5.41) is 26.4. The molecular weight excluding hydrogens is 396 g/mol. The lowest BCUT2D eigenvalue weighted by Crippen LogP contribution is -2.48. The van der Waals surface area contributed by atoms with Crippen molar-refractivity contribution >= 4 is 5.69 Å². The van der Waals surface area contributed by atoms with Crippen molar-refractivity contribution < 1.29 is 24.4 Å². The van der Waals surface area contributed by atoms with Crippen LogP contribution in [-0.4, -0.2) is 62.9 Å². The number of ether oxygens (including phenoxy) is 3. The maximum absolute atomic E-state index is 10.1. The monoisotopic (exact) mass is 430 g/mol. The maximum atomic E-state index is 10.1. The second-order valence-electron chi connectivity index (χ2n) is 7.88. The van der Waals surface area contributed by atoms with Gasteiger partial charge in [0.05, 0.1) is 32.1 Å². The van der Waals surface area contributed by atoms with E-state index >= 15 is 0 Å². The predicted molar refractivity (Wildman–Crippen MR) is 121 cm³/mol. The molecule has 3 atom stereocenters. The third-order valence-electron chi connectivity index (χ3n) is 5.73. The molecule has 1 aliphatic heterocycles. The van der Waals surface area contributed by atoms with Crippen LogP contribution >= 0.6 is 0 Å². The number of nitrogens with one attached hydrogen (secondary N) is 2.